The van der Waals surface area contributed by atoms with E-state index in [4.69, 9.17) is 0 Å². The number of nitrogens with zero attached hydrogens (tertiary/aromatic N) is 2. The van der Waals surface area contributed by atoms with Crippen molar-refractivity contribution < 1.29 is 17.6 Å². The highest BCUT2D eigenvalue weighted by Gasteiger charge is 2.36. The lowest BCUT2D eigenvalue weighted by molar-refractivity contribution is -0.144. The Labute approximate surface area is 138 Å². The molecule has 7 heteroatoms. The maximum absolute atomic E-state index is 13.5. The Kier molecular flexibility index (Phi) is 4.50. The fourth-order valence-electron chi connectivity index (χ4n) is 3.01. The van der Waals surface area contributed by atoms with Crippen LogP contribution in [0.15, 0.2) is 18.2 Å². The summed E-state index contributed by atoms with van der Waals surface area (Å²) in [6.07, 6.45) is -3.99. The van der Waals surface area contributed by atoms with Gasteiger partial charge in [-0.3, -0.25) is 0 Å². The highest BCUT2D eigenvalue weighted by molar-refractivity contribution is 5.89. The topological polar surface area (TPSA) is 37.8 Å². The van der Waals surface area contributed by atoms with Crippen molar-refractivity contribution in [1.29, 1.82) is 0 Å². The van der Waals surface area contributed by atoms with Crippen LogP contribution in [0.3, 0.4) is 0 Å². The van der Waals surface area contributed by atoms with Gasteiger partial charge >= 0.3 is 6.18 Å². The van der Waals surface area contributed by atoms with Crippen LogP contribution in [0.25, 0.3) is 10.9 Å². The summed E-state index contributed by atoms with van der Waals surface area (Å²) in [7, 11) is 0. The van der Waals surface area contributed by atoms with E-state index >= 15 is 0 Å². The summed E-state index contributed by atoms with van der Waals surface area (Å²) in [5, 5.41) is 3.27. The number of nitrogens with one attached hydrogen (secondary N) is 1. The number of halogens is 4. The molecule has 0 spiro atoms. The smallest absolute Gasteiger partial charge is 0.365 e. The van der Waals surface area contributed by atoms with Crippen LogP contribution in [0, 0.1) is 11.2 Å². The van der Waals surface area contributed by atoms with Crippen molar-refractivity contribution in [3.8, 4) is 0 Å². The Morgan fingerprint density at radius 2 is 1.62 bits per heavy atom. The molecule has 0 atom stereocenters. The van der Waals surface area contributed by atoms with Gasteiger partial charge in [0.25, 0.3) is 0 Å². The third kappa shape index (κ3) is 4.55. The van der Waals surface area contributed by atoms with Gasteiger partial charge in [-0.1, -0.05) is 20.8 Å². The second kappa shape index (κ2) is 5.86. The normalized spacial score (nSPS) is 13.4. The first-order valence-corrected chi connectivity index (χ1v) is 7.60. The van der Waals surface area contributed by atoms with Crippen molar-refractivity contribution in [2.75, 3.05) is 5.32 Å². The molecule has 24 heavy (non-hydrogen) atoms. The average Bonchev–Trinajstić information content (AvgIpc) is 2.34. The molecule has 2 rings (SSSR count). The van der Waals surface area contributed by atoms with E-state index in [0.717, 1.165) is 12.1 Å². The minimum Gasteiger partial charge on any atom is -0.365 e. The molecule has 0 bridgehead atoms. The fraction of sp³-hybridized carbons (Fsp3) is 0.529. The standard InChI is InChI=1S/C17H21F4N3/c1-15(2,3)9-16(4,5)24-13-11-8-10(18)6-7-12(11)22-14(23-13)17(19,20)21/h6-8H,9H2,1-5H3,(H,22,23,24). The van der Waals surface area contributed by atoms with Crippen LogP contribution in [-0.2, 0) is 6.18 Å². The van der Waals surface area contributed by atoms with Gasteiger partial charge in [0.1, 0.15) is 11.6 Å². The Morgan fingerprint density at radius 3 is 2.17 bits per heavy atom. The highest BCUT2D eigenvalue weighted by atomic mass is 19.4. The molecule has 0 amide bonds. The van der Waals surface area contributed by atoms with E-state index in [9.17, 15) is 17.6 Å². The Balaban J connectivity index is 2.56. The Hall–Kier alpha value is -1.92. The molecule has 132 valence electrons. The summed E-state index contributed by atoms with van der Waals surface area (Å²) < 4.78 is 52.7. The van der Waals surface area contributed by atoms with E-state index in [0.29, 0.717) is 6.42 Å². The number of hydrogen-bond acceptors (Lipinski definition) is 3. The summed E-state index contributed by atoms with van der Waals surface area (Å²) in [6.45, 7) is 9.86. The minimum absolute atomic E-state index is 0.0129. The lowest BCUT2D eigenvalue weighted by atomic mass is 9.82. The summed E-state index contributed by atoms with van der Waals surface area (Å²) in [6, 6.07) is 3.45. The van der Waals surface area contributed by atoms with Gasteiger partial charge < -0.3 is 5.32 Å². The lowest BCUT2D eigenvalue weighted by Gasteiger charge is -2.34. The molecule has 0 saturated carbocycles. The molecule has 1 heterocycles. The van der Waals surface area contributed by atoms with Gasteiger partial charge in [-0.05, 0) is 43.9 Å². The largest absolute Gasteiger partial charge is 0.451 e. The quantitative estimate of drug-likeness (QED) is 0.757. The molecular weight excluding hydrogens is 322 g/mol. The van der Waals surface area contributed by atoms with Crippen molar-refractivity contribution in [3.05, 3.63) is 29.8 Å². The van der Waals surface area contributed by atoms with Crippen molar-refractivity contribution in [2.45, 2.75) is 52.8 Å². The third-order valence-electron chi connectivity index (χ3n) is 3.34. The Morgan fingerprint density at radius 1 is 1.00 bits per heavy atom. The van der Waals surface area contributed by atoms with Crippen LogP contribution in [0.4, 0.5) is 23.4 Å². The van der Waals surface area contributed by atoms with E-state index in [-0.39, 0.29) is 22.1 Å². The molecule has 0 radical (unpaired) electrons. The molecule has 0 unspecified atom stereocenters. The van der Waals surface area contributed by atoms with Crippen LogP contribution in [0.5, 0.6) is 0 Å². The molecule has 0 aliphatic rings. The molecule has 2 aromatic rings. The third-order valence-corrected chi connectivity index (χ3v) is 3.34. The summed E-state index contributed by atoms with van der Waals surface area (Å²) in [5.74, 6) is -1.81. The maximum atomic E-state index is 13.5. The molecular formula is C17H21F4N3. The Bertz CT molecular complexity index is 746. The number of benzene rings is 1. The van der Waals surface area contributed by atoms with E-state index in [1.165, 1.54) is 6.07 Å². The summed E-state index contributed by atoms with van der Waals surface area (Å²) in [4.78, 5) is 7.12. The predicted octanol–water partition coefficient (Wildman–Crippen LogP) is 5.41. The van der Waals surface area contributed by atoms with Crippen molar-refractivity contribution in [1.82, 2.24) is 9.97 Å². The maximum Gasteiger partial charge on any atom is 0.451 e. The first kappa shape index (κ1) is 18.4. The second-order valence-corrected chi connectivity index (χ2v) is 7.80. The summed E-state index contributed by atoms with van der Waals surface area (Å²) in [5.41, 5.74) is -0.528. The number of anilines is 1. The molecule has 0 fully saturated rings. The van der Waals surface area contributed by atoms with Crippen LogP contribution >= 0.6 is 0 Å². The van der Waals surface area contributed by atoms with Crippen LogP contribution in [-0.4, -0.2) is 15.5 Å². The zero-order chi connectivity index (χ0) is 18.3. The van der Waals surface area contributed by atoms with Crippen LogP contribution in [0.1, 0.15) is 46.9 Å². The zero-order valence-corrected chi connectivity index (χ0v) is 14.3. The van der Waals surface area contributed by atoms with Gasteiger partial charge in [-0.25, -0.2) is 14.4 Å². The number of rotatable bonds is 3. The molecule has 0 aliphatic heterocycles. The van der Waals surface area contributed by atoms with Crippen LogP contribution < -0.4 is 5.32 Å². The predicted molar refractivity (Wildman–Crippen MR) is 86.3 cm³/mol. The van der Waals surface area contributed by atoms with Gasteiger partial charge in [0, 0.05) is 10.9 Å². The minimum atomic E-state index is -4.67. The number of aromatic nitrogens is 2. The molecule has 1 aromatic heterocycles. The van der Waals surface area contributed by atoms with E-state index < -0.39 is 23.4 Å². The lowest BCUT2D eigenvalue weighted by Crippen LogP contribution is -2.36. The highest BCUT2D eigenvalue weighted by Crippen LogP contribution is 2.34. The van der Waals surface area contributed by atoms with Gasteiger partial charge in [0.2, 0.25) is 5.82 Å². The first-order chi connectivity index (χ1) is 10.8. The molecule has 0 saturated heterocycles. The van der Waals surface area contributed by atoms with E-state index in [1.807, 2.05) is 34.6 Å². The van der Waals surface area contributed by atoms with Gasteiger partial charge in [-0.15, -0.1) is 0 Å². The molecule has 3 nitrogen and oxygen atoms in total. The van der Waals surface area contributed by atoms with Crippen molar-refractivity contribution in [2.24, 2.45) is 5.41 Å². The van der Waals surface area contributed by atoms with Gasteiger partial charge in [0.15, 0.2) is 0 Å². The zero-order valence-electron chi connectivity index (χ0n) is 14.3. The van der Waals surface area contributed by atoms with Gasteiger partial charge in [-0.2, -0.15) is 13.2 Å². The second-order valence-electron chi connectivity index (χ2n) is 7.80. The van der Waals surface area contributed by atoms with E-state index in [2.05, 4.69) is 15.3 Å². The van der Waals surface area contributed by atoms with Crippen molar-refractivity contribution >= 4 is 16.7 Å². The molecule has 1 N–H and O–H groups in total. The molecule has 1 aromatic carbocycles. The molecule has 0 aliphatic carbocycles. The van der Waals surface area contributed by atoms with Crippen molar-refractivity contribution in [3.63, 3.8) is 0 Å². The van der Waals surface area contributed by atoms with Crippen LogP contribution in [0.2, 0.25) is 0 Å². The summed E-state index contributed by atoms with van der Waals surface area (Å²) >= 11 is 0. The number of alkyl halides is 3. The number of hydrogen-bond donors (Lipinski definition) is 1. The SMILES string of the molecule is CC(C)(C)CC(C)(C)Nc1nc(C(F)(F)F)nc2ccc(F)cc12. The fourth-order valence-corrected chi connectivity index (χ4v) is 3.01. The monoisotopic (exact) mass is 343 g/mol. The first-order valence-electron chi connectivity index (χ1n) is 7.60. The average molecular weight is 343 g/mol. The van der Waals surface area contributed by atoms with Gasteiger partial charge in [0.05, 0.1) is 5.52 Å². The van der Waals surface area contributed by atoms with E-state index in [1.54, 1.807) is 0 Å². The number of fused-ring (bicyclic) bond motifs is 1.